The molecule has 0 amide bonds. The zero-order chi connectivity index (χ0) is 14.5. The van der Waals surface area contributed by atoms with Crippen molar-refractivity contribution in [3.8, 4) is 0 Å². The molecule has 2 heterocycles. The van der Waals surface area contributed by atoms with Gasteiger partial charge < -0.3 is 4.90 Å². The summed E-state index contributed by atoms with van der Waals surface area (Å²) in [6.07, 6.45) is 4.99. The number of hydrogen-bond acceptors (Lipinski definition) is 4. The number of Topliss-reactive ketones (excluding diaryl/α,β-unsaturated/α-hetero) is 1. The van der Waals surface area contributed by atoms with Gasteiger partial charge in [-0.3, -0.25) is 9.69 Å². The second-order valence-corrected chi connectivity index (χ2v) is 7.60. The first-order chi connectivity index (χ1) is 9.54. The molecule has 0 aliphatic carbocycles. The van der Waals surface area contributed by atoms with Crippen LogP contribution in [0.15, 0.2) is 0 Å². The van der Waals surface area contributed by atoms with Gasteiger partial charge in [0.25, 0.3) is 0 Å². The van der Waals surface area contributed by atoms with Gasteiger partial charge in [-0.25, -0.2) is 0 Å². The number of likely N-dealkylation sites (tertiary alicyclic amines) is 2. The fourth-order valence-corrected chi connectivity index (χ4v) is 3.43. The SMILES string of the molecule is CC(C)C(=O)CN1CCC(CN2CCC(S)CC2)CC1. The Morgan fingerprint density at radius 1 is 1.05 bits per heavy atom. The van der Waals surface area contributed by atoms with Crippen molar-refractivity contribution in [2.24, 2.45) is 11.8 Å². The van der Waals surface area contributed by atoms with Crippen LogP contribution in [-0.2, 0) is 4.79 Å². The van der Waals surface area contributed by atoms with Gasteiger partial charge in [0, 0.05) is 17.7 Å². The number of carbonyl (C=O) groups is 1. The quantitative estimate of drug-likeness (QED) is 0.788. The molecular weight excluding hydrogens is 268 g/mol. The van der Waals surface area contributed by atoms with Gasteiger partial charge in [0.2, 0.25) is 0 Å². The number of nitrogens with zero attached hydrogens (tertiary/aromatic N) is 2. The molecule has 0 N–H and O–H groups in total. The van der Waals surface area contributed by atoms with Gasteiger partial charge in [0.05, 0.1) is 6.54 Å². The highest BCUT2D eigenvalue weighted by Gasteiger charge is 2.24. The third-order valence-corrected chi connectivity index (χ3v) is 5.32. The van der Waals surface area contributed by atoms with Crippen LogP contribution in [0.2, 0.25) is 0 Å². The Morgan fingerprint density at radius 2 is 1.60 bits per heavy atom. The Hall–Kier alpha value is -0.0600. The van der Waals surface area contributed by atoms with Gasteiger partial charge in [-0.1, -0.05) is 13.8 Å². The molecule has 0 bridgehead atoms. The van der Waals surface area contributed by atoms with Crippen molar-refractivity contribution >= 4 is 18.4 Å². The highest BCUT2D eigenvalue weighted by Crippen LogP contribution is 2.22. The highest BCUT2D eigenvalue weighted by atomic mass is 32.1. The van der Waals surface area contributed by atoms with Crippen molar-refractivity contribution in [3.05, 3.63) is 0 Å². The van der Waals surface area contributed by atoms with Crippen molar-refractivity contribution in [2.75, 3.05) is 39.3 Å². The molecule has 0 aromatic rings. The molecule has 0 radical (unpaired) electrons. The largest absolute Gasteiger partial charge is 0.303 e. The Bertz CT molecular complexity index is 306. The lowest BCUT2D eigenvalue weighted by Gasteiger charge is -2.37. The number of rotatable bonds is 5. The molecule has 0 aromatic carbocycles. The monoisotopic (exact) mass is 298 g/mol. The first-order valence-electron chi connectivity index (χ1n) is 8.20. The molecule has 4 heteroatoms. The first kappa shape index (κ1) is 16.3. The smallest absolute Gasteiger partial charge is 0.149 e. The summed E-state index contributed by atoms with van der Waals surface area (Å²) >= 11 is 4.56. The van der Waals surface area contributed by atoms with Crippen LogP contribution < -0.4 is 0 Å². The zero-order valence-electron chi connectivity index (χ0n) is 13.1. The molecule has 2 fully saturated rings. The molecule has 0 unspecified atom stereocenters. The maximum Gasteiger partial charge on any atom is 0.149 e. The molecule has 2 aliphatic rings. The van der Waals surface area contributed by atoms with E-state index in [9.17, 15) is 4.79 Å². The average molecular weight is 298 g/mol. The summed E-state index contributed by atoms with van der Waals surface area (Å²) in [6.45, 7) is 10.6. The van der Waals surface area contributed by atoms with Gasteiger partial charge in [0.15, 0.2) is 0 Å². The van der Waals surface area contributed by atoms with E-state index in [0.29, 0.717) is 17.6 Å². The van der Waals surface area contributed by atoms with Gasteiger partial charge in [0.1, 0.15) is 5.78 Å². The normalized spacial score (nSPS) is 24.4. The van der Waals surface area contributed by atoms with Gasteiger partial charge in [-0.2, -0.15) is 12.6 Å². The van der Waals surface area contributed by atoms with E-state index in [-0.39, 0.29) is 5.92 Å². The van der Waals surface area contributed by atoms with E-state index < -0.39 is 0 Å². The van der Waals surface area contributed by atoms with Crippen LogP contribution in [0.1, 0.15) is 39.5 Å². The zero-order valence-corrected chi connectivity index (χ0v) is 13.9. The molecule has 0 atom stereocenters. The predicted molar refractivity (Wildman–Crippen MR) is 87.5 cm³/mol. The third kappa shape index (κ3) is 5.05. The fourth-order valence-electron chi connectivity index (χ4n) is 3.20. The van der Waals surface area contributed by atoms with E-state index in [1.54, 1.807) is 0 Å². The van der Waals surface area contributed by atoms with E-state index in [1.807, 2.05) is 13.8 Å². The van der Waals surface area contributed by atoms with Crippen molar-refractivity contribution in [1.82, 2.24) is 9.80 Å². The Morgan fingerprint density at radius 3 is 2.15 bits per heavy atom. The number of ketones is 1. The minimum absolute atomic E-state index is 0.176. The molecule has 2 aliphatic heterocycles. The molecule has 0 spiro atoms. The predicted octanol–water partition coefficient (Wildman–Crippen LogP) is 2.32. The average Bonchev–Trinajstić information content (AvgIpc) is 2.43. The highest BCUT2D eigenvalue weighted by molar-refractivity contribution is 7.80. The maximum absolute atomic E-state index is 11.8. The molecule has 3 nitrogen and oxygen atoms in total. The van der Waals surface area contributed by atoms with Crippen LogP contribution in [0.25, 0.3) is 0 Å². The summed E-state index contributed by atoms with van der Waals surface area (Å²) in [7, 11) is 0. The van der Waals surface area contributed by atoms with Crippen LogP contribution in [0, 0.1) is 11.8 Å². The molecular formula is C16H30N2OS. The van der Waals surface area contributed by atoms with E-state index in [4.69, 9.17) is 0 Å². The summed E-state index contributed by atoms with van der Waals surface area (Å²) in [5.41, 5.74) is 0. The van der Waals surface area contributed by atoms with Crippen molar-refractivity contribution in [2.45, 2.75) is 44.8 Å². The van der Waals surface area contributed by atoms with E-state index >= 15 is 0 Å². The molecule has 0 aromatic heterocycles. The summed E-state index contributed by atoms with van der Waals surface area (Å²) in [5.74, 6) is 1.39. The molecule has 20 heavy (non-hydrogen) atoms. The van der Waals surface area contributed by atoms with Crippen LogP contribution in [0.5, 0.6) is 0 Å². The lowest BCUT2D eigenvalue weighted by Crippen LogP contribution is -2.43. The molecule has 116 valence electrons. The van der Waals surface area contributed by atoms with E-state index in [1.165, 1.54) is 45.3 Å². The van der Waals surface area contributed by atoms with Crippen molar-refractivity contribution in [3.63, 3.8) is 0 Å². The number of carbonyl (C=O) groups excluding carboxylic acids is 1. The Kier molecular flexibility index (Phi) is 6.37. The third-order valence-electron chi connectivity index (χ3n) is 4.80. The first-order valence-corrected chi connectivity index (χ1v) is 8.71. The lowest BCUT2D eigenvalue weighted by molar-refractivity contribution is -0.123. The lowest BCUT2D eigenvalue weighted by atomic mass is 9.94. The Balaban J connectivity index is 1.65. The summed E-state index contributed by atoms with van der Waals surface area (Å²) < 4.78 is 0. The van der Waals surface area contributed by atoms with Gasteiger partial charge >= 0.3 is 0 Å². The molecule has 2 saturated heterocycles. The maximum atomic E-state index is 11.8. The minimum atomic E-state index is 0.176. The topological polar surface area (TPSA) is 23.6 Å². The minimum Gasteiger partial charge on any atom is -0.303 e. The number of piperidine rings is 2. The number of thiol groups is 1. The fraction of sp³-hybridized carbons (Fsp3) is 0.938. The van der Waals surface area contributed by atoms with Crippen molar-refractivity contribution in [1.29, 1.82) is 0 Å². The summed E-state index contributed by atoms with van der Waals surface area (Å²) in [5, 5.41) is 0.621. The molecule has 2 rings (SSSR count). The van der Waals surface area contributed by atoms with Crippen LogP contribution in [0.3, 0.4) is 0 Å². The summed E-state index contributed by atoms with van der Waals surface area (Å²) in [6, 6.07) is 0. The standard InChI is InChI=1S/C16H30N2OS/c1-13(2)16(19)12-18-7-3-14(4-8-18)11-17-9-5-15(20)6-10-17/h13-15,20H,3-12H2,1-2H3. The second kappa shape index (κ2) is 7.81. The van der Waals surface area contributed by atoms with E-state index in [2.05, 4.69) is 22.4 Å². The molecule has 0 saturated carbocycles. The van der Waals surface area contributed by atoms with Gasteiger partial charge in [-0.15, -0.1) is 0 Å². The van der Waals surface area contributed by atoms with Crippen molar-refractivity contribution < 1.29 is 4.79 Å². The van der Waals surface area contributed by atoms with Crippen LogP contribution >= 0.6 is 12.6 Å². The second-order valence-electron chi connectivity index (χ2n) is 6.87. The Labute approximate surface area is 129 Å². The van der Waals surface area contributed by atoms with E-state index in [0.717, 1.165) is 19.0 Å². The van der Waals surface area contributed by atoms with Gasteiger partial charge in [-0.05, 0) is 57.8 Å². The summed E-state index contributed by atoms with van der Waals surface area (Å²) in [4.78, 5) is 16.7. The van der Waals surface area contributed by atoms with Crippen LogP contribution in [-0.4, -0.2) is 60.1 Å². The number of hydrogen-bond donors (Lipinski definition) is 1. The van der Waals surface area contributed by atoms with Crippen LogP contribution in [0.4, 0.5) is 0 Å².